The van der Waals surface area contributed by atoms with Gasteiger partial charge in [-0.1, -0.05) is 36.4 Å². The van der Waals surface area contributed by atoms with Crippen molar-refractivity contribution in [3.8, 4) is 6.07 Å². The zero-order valence-corrected chi connectivity index (χ0v) is 11.6. The van der Waals surface area contributed by atoms with E-state index < -0.39 is 0 Å². The first-order valence-electron chi connectivity index (χ1n) is 6.33. The number of para-hydroxylation sites is 1. The predicted octanol–water partition coefficient (Wildman–Crippen LogP) is 4.40. The van der Waals surface area contributed by atoms with Gasteiger partial charge in [0.2, 0.25) is 0 Å². The van der Waals surface area contributed by atoms with E-state index in [0.29, 0.717) is 5.56 Å². The molecule has 0 radical (unpaired) electrons. The first-order chi connectivity index (χ1) is 9.85. The Bertz CT molecular complexity index is 773. The fraction of sp³-hybridized carbons (Fsp3) is 0.0588. The third kappa shape index (κ3) is 2.81. The Balaban J connectivity index is 1.74. The molecule has 0 atom stereocenters. The molecule has 0 unspecified atom stereocenters. The molecule has 0 aliphatic carbocycles. The lowest BCUT2D eigenvalue weighted by Gasteiger charge is -2.03. The molecule has 0 aliphatic rings. The Morgan fingerprint density at radius 1 is 0.950 bits per heavy atom. The van der Waals surface area contributed by atoms with Crippen molar-refractivity contribution in [2.24, 2.45) is 0 Å². The van der Waals surface area contributed by atoms with Gasteiger partial charge in [0.15, 0.2) is 0 Å². The van der Waals surface area contributed by atoms with Crippen LogP contribution >= 0.6 is 11.8 Å². The number of hydrogen-bond acceptors (Lipinski definition) is 3. The Hall–Kier alpha value is -2.31. The zero-order chi connectivity index (χ0) is 13.8. The maximum atomic E-state index is 8.77. The molecular weight excluding hydrogens is 264 g/mol. The van der Waals surface area contributed by atoms with E-state index in [0.717, 1.165) is 21.7 Å². The molecule has 1 aromatic heterocycles. The van der Waals surface area contributed by atoms with Crippen molar-refractivity contribution in [3.05, 3.63) is 71.8 Å². The van der Waals surface area contributed by atoms with Crippen LogP contribution in [0.25, 0.3) is 10.9 Å². The number of rotatable bonds is 3. The van der Waals surface area contributed by atoms with Gasteiger partial charge in [-0.2, -0.15) is 5.26 Å². The number of nitrogens with zero attached hydrogens (tertiary/aromatic N) is 2. The second-order valence-electron chi connectivity index (χ2n) is 4.44. The van der Waals surface area contributed by atoms with Gasteiger partial charge in [0.25, 0.3) is 0 Å². The van der Waals surface area contributed by atoms with Gasteiger partial charge in [0, 0.05) is 11.1 Å². The largest absolute Gasteiger partial charge is 0.241 e. The standard InChI is InChI=1S/C17H12N2S/c18-11-13-5-7-14(8-6-13)12-20-17-10-9-15-3-1-2-4-16(15)19-17/h1-10H,12H2. The summed E-state index contributed by atoms with van der Waals surface area (Å²) in [5.74, 6) is 0.858. The summed E-state index contributed by atoms with van der Waals surface area (Å²) in [6.07, 6.45) is 0. The third-order valence-electron chi connectivity index (χ3n) is 3.04. The molecule has 0 saturated carbocycles. The molecule has 1 heterocycles. The highest BCUT2D eigenvalue weighted by atomic mass is 32.2. The predicted molar refractivity (Wildman–Crippen MR) is 82.5 cm³/mol. The summed E-state index contributed by atoms with van der Waals surface area (Å²) >= 11 is 1.71. The van der Waals surface area contributed by atoms with Crippen LogP contribution in [0, 0.1) is 11.3 Å². The second kappa shape index (κ2) is 5.77. The molecule has 3 heteroatoms. The van der Waals surface area contributed by atoms with Crippen LogP contribution in [-0.2, 0) is 5.75 Å². The number of hydrogen-bond donors (Lipinski definition) is 0. The summed E-state index contributed by atoms with van der Waals surface area (Å²) in [4.78, 5) is 4.63. The zero-order valence-electron chi connectivity index (χ0n) is 10.8. The van der Waals surface area contributed by atoms with Crippen LogP contribution in [0.1, 0.15) is 11.1 Å². The van der Waals surface area contributed by atoms with Gasteiger partial charge in [-0.3, -0.25) is 0 Å². The van der Waals surface area contributed by atoms with E-state index in [4.69, 9.17) is 5.26 Å². The van der Waals surface area contributed by atoms with Gasteiger partial charge in [0.05, 0.1) is 22.2 Å². The number of thioether (sulfide) groups is 1. The van der Waals surface area contributed by atoms with Crippen molar-refractivity contribution in [1.29, 1.82) is 5.26 Å². The van der Waals surface area contributed by atoms with Gasteiger partial charge in [-0.05, 0) is 29.8 Å². The number of nitriles is 1. The van der Waals surface area contributed by atoms with E-state index in [1.807, 2.05) is 42.5 Å². The van der Waals surface area contributed by atoms with Crippen LogP contribution in [0.2, 0.25) is 0 Å². The van der Waals surface area contributed by atoms with Crippen LogP contribution in [0.15, 0.2) is 65.7 Å². The van der Waals surface area contributed by atoms with E-state index in [1.54, 1.807) is 11.8 Å². The van der Waals surface area contributed by atoms with E-state index >= 15 is 0 Å². The summed E-state index contributed by atoms with van der Waals surface area (Å²) in [6.45, 7) is 0. The number of aromatic nitrogens is 1. The smallest absolute Gasteiger partial charge is 0.0991 e. The molecule has 20 heavy (non-hydrogen) atoms. The second-order valence-corrected chi connectivity index (χ2v) is 5.44. The molecule has 2 nitrogen and oxygen atoms in total. The van der Waals surface area contributed by atoms with Crippen LogP contribution < -0.4 is 0 Å². The van der Waals surface area contributed by atoms with Gasteiger partial charge in [-0.25, -0.2) is 4.98 Å². The number of pyridine rings is 1. The highest BCUT2D eigenvalue weighted by molar-refractivity contribution is 7.98. The fourth-order valence-corrected chi connectivity index (χ4v) is 2.79. The molecule has 0 fully saturated rings. The summed E-state index contributed by atoms with van der Waals surface area (Å²) in [6, 6.07) is 22.1. The Kier molecular flexibility index (Phi) is 3.67. The topological polar surface area (TPSA) is 36.7 Å². The van der Waals surface area contributed by atoms with Crippen molar-refractivity contribution in [1.82, 2.24) is 4.98 Å². The van der Waals surface area contributed by atoms with Crippen LogP contribution in [0.5, 0.6) is 0 Å². The lowest BCUT2D eigenvalue weighted by atomic mass is 10.2. The molecule has 0 saturated heterocycles. The van der Waals surface area contributed by atoms with Crippen molar-refractivity contribution >= 4 is 22.7 Å². The highest BCUT2D eigenvalue weighted by Gasteiger charge is 2.00. The van der Waals surface area contributed by atoms with E-state index in [-0.39, 0.29) is 0 Å². The molecule has 0 spiro atoms. The first-order valence-corrected chi connectivity index (χ1v) is 7.31. The third-order valence-corrected chi connectivity index (χ3v) is 4.04. The average Bonchev–Trinajstić information content (AvgIpc) is 2.53. The molecule has 96 valence electrons. The first kappa shape index (κ1) is 12.7. The highest BCUT2D eigenvalue weighted by Crippen LogP contribution is 2.23. The van der Waals surface area contributed by atoms with Gasteiger partial charge in [0.1, 0.15) is 0 Å². The van der Waals surface area contributed by atoms with Crippen LogP contribution in [0.3, 0.4) is 0 Å². The van der Waals surface area contributed by atoms with Gasteiger partial charge >= 0.3 is 0 Å². The van der Waals surface area contributed by atoms with Gasteiger partial charge in [-0.15, -0.1) is 11.8 Å². The molecule has 2 aromatic carbocycles. The molecule has 0 amide bonds. The monoisotopic (exact) mass is 276 g/mol. The van der Waals surface area contributed by atoms with E-state index in [1.165, 1.54) is 5.56 Å². The van der Waals surface area contributed by atoms with Crippen molar-refractivity contribution in [3.63, 3.8) is 0 Å². The van der Waals surface area contributed by atoms with E-state index in [2.05, 4.69) is 29.3 Å². The fourth-order valence-electron chi connectivity index (χ4n) is 1.96. The summed E-state index contributed by atoms with van der Waals surface area (Å²) < 4.78 is 0. The number of benzene rings is 2. The Morgan fingerprint density at radius 2 is 1.75 bits per heavy atom. The minimum atomic E-state index is 0.697. The maximum Gasteiger partial charge on any atom is 0.0991 e. The maximum absolute atomic E-state index is 8.77. The molecule has 3 rings (SSSR count). The minimum absolute atomic E-state index is 0.697. The Labute approximate surface area is 122 Å². The lowest BCUT2D eigenvalue weighted by Crippen LogP contribution is -1.85. The lowest BCUT2D eigenvalue weighted by molar-refractivity contribution is 1.18. The molecule has 0 bridgehead atoms. The summed E-state index contributed by atoms with van der Waals surface area (Å²) in [5, 5.41) is 11.0. The quantitative estimate of drug-likeness (QED) is 0.665. The van der Waals surface area contributed by atoms with Crippen molar-refractivity contribution in [2.45, 2.75) is 10.8 Å². The average molecular weight is 276 g/mol. The Morgan fingerprint density at radius 3 is 2.55 bits per heavy atom. The normalized spacial score (nSPS) is 10.3. The molecule has 0 aliphatic heterocycles. The van der Waals surface area contributed by atoms with Crippen LogP contribution in [0.4, 0.5) is 0 Å². The van der Waals surface area contributed by atoms with Gasteiger partial charge < -0.3 is 0 Å². The summed E-state index contributed by atoms with van der Waals surface area (Å²) in [7, 11) is 0. The summed E-state index contributed by atoms with van der Waals surface area (Å²) in [5.41, 5.74) is 2.92. The molecule has 3 aromatic rings. The SMILES string of the molecule is N#Cc1ccc(CSc2ccc3ccccc3n2)cc1. The van der Waals surface area contributed by atoms with Crippen molar-refractivity contribution < 1.29 is 0 Å². The molecular formula is C17H12N2S. The van der Waals surface area contributed by atoms with E-state index in [9.17, 15) is 0 Å². The van der Waals surface area contributed by atoms with Crippen molar-refractivity contribution in [2.75, 3.05) is 0 Å². The van der Waals surface area contributed by atoms with Crippen LogP contribution in [-0.4, -0.2) is 4.98 Å². The number of fused-ring (bicyclic) bond motifs is 1. The minimum Gasteiger partial charge on any atom is -0.241 e. The molecule has 0 N–H and O–H groups in total.